The van der Waals surface area contributed by atoms with Crippen LogP contribution in [-0.2, 0) is 20.8 Å². The second-order valence-electron chi connectivity index (χ2n) is 7.94. The van der Waals surface area contributed by atoms with Crippen LogP contribution in [0.1, 0.15) is 35.4 Å². The highest BCUT2D eigenvalue weighted by atomic mass is 16.3. The number of H-pyrrole nitrogens is 2. The molecular formula is C20H30N8O6. The Kier molecular flexibility index (Phi) is 10.1. The van der Waals surface area contributed by atoms with Crippen molar-refractivity contribution in [2.75, 3.05) is 33.2 Å². The molecule has 2 aromatic rings. The molecule has 0 unspecified atom stereocenters. The maximum absolute atomic E-state index is 13.3. The lowest BCUT2D eigenvalue weighted by Crippen LogP contribution is -2.66. The van der Waals surface area contributed by atoms with Gasteiger partial charge in [-0.2, -0.15) is 15.4 Å². The molecule has 34 heavy (non-hydrogen) atoms. The summed E-state index contributed by atoms with van der Waals surface area (Å²) in [7, 11) is 2.04. The molecule has 5 N–H and O–H groups in total. The van der Waals surface area contributed by atoms with Gasteiger partial charge in [0.2, 0.25) is 5.91 Å². The first-order valence-corrected chi connectivity index (χ1v) is 10.7. The number of rotatable bonds is 5. The molecule has 0 bridgehead atoms. The predicted octanol–water partition coefficient (Wildman–Crippen LogP) is -0.785. The predicted molar refractivity (Wildman–Crippen MR) is 118 cm³/mol. The Hall–Kier alpha value is -3.81. The summed E-state index contributed by atoms with van der Waals surface area (Å²) in [6.45, 7) is 2.20. The van der Waals surface area contributed by atoms with Gasteiger partial charge in [0.1, 0.15) is 0 Å². The number of fused-ring (bicyclic) bond motifs is 1. The molecule has 2 amide bonds. The number of nitrogens with zero attached hydrogens (tertiary/aromatic N) is 5. The van der Waals surface area contributed by atoms with Gasteiger partial charge < -0.3 is 30.3 Å². The van der Waals surface area contributed by atoms with Crippen LogP contribution in [0.4, 0.5) is 0 Å². The molecule has 2 atom stereocenters. The molecule has 0 radical (unpaired) electrons. The third kappa shape index (κ3) is 6.37. The second-order valence-corrected chi connectivity index (χ2v) is 7.94. The number of carboxylic acid groups (broad SMARTS) is 2. The molecule has 2 aliphatic heterocycles. The van der Waals surface area contributed by atoms with Gasteiger partial charge in [-0.05, 0) is 32.9 Å². The van der Waals surface area contributed by atoms with Crippen LogP contribution in [-0.4, -0.2) is 109 Å². The van der Waals surface area contributed by atoms with Gasteiger partial charge in [0.15, 0.2) is 5.69 Å². The Bertz CT molecular complexity index is 900. The number of likely N-dealkylation sites (N-methyl/N-ethyl adjacent to an activating group) is 1. The van der Waals surface area contributed by atoms with Gasteiger partial charge in [-0.1, -0.05) is 0 Å². The normalized spacial score (nSPS) is 21.6. The lowest BCUT2D eigenvalue weighted by atomic mass is 9.67. The first kappa shape index (κ1) is 26.4. The van der Waals surface area contributed by atoms with Crippen molar-refractivity contribution in [2.45, 2.75) is 31.7 Å². The van der Waals surface area contributed by atoms with Crippen LogP contribution < -0.4 is 5.32 Å². The van der Waals surface area contributed by atoms with Gasteiger partial charge in [-0.3, -0.25) is 19.2 Å². The zero-order valence-corrected chi connectivity index (χ0v) is 18.9. The molecular weight excluding hydrogens is 448 g/mol. The van der Waals surface area contributed by atoms with Gasteiger partial charge in [0.25, 0.3) is 18.9 Å². The maximum atomic E-state index is 13.3. The van der Waals surface area contributed by atoms with Crippen molar-refractivity contribution in [1.29, 1.82) is 0 Å². The summed E-state index contributed by atoms with van der Waals surface area (Å²) in [4.78, 5) is 54.1. The van der Waals surface area contributed by atoms with Crippen molar-refractivity contribution in [1.82, 2.24) is 40.5 Å². The van der Waals surface area contributed by atoms with Gasteiger partial charge >= 0.3 is 0 Å². The number of carbonyl (C=O) groups excluding carboxylic acids is 2. The second kappa shape index (κ2) is 13.0. The molecule has 2 fully saturated rings. The molecule has 0 saturated carbocycles. The first-order chi connectivity index (χ1) is 16.4. The standard InChI is InChI=1S/C18H26N8O2.2CH2O2/c1-25-8-5-18(17(28)20-6-3-13-9-19-12-21-13)4-2-7-26(15(18)11-25)16(27)14-10-22-24-23-14;2*2-1-3/h9-10,12,15H,2-8,11H2,1H3,(H,19,21)(H,20,28)(H,22,23,24);2*1H,(H,2,3)/t15-,18+;;/m0../s1. The number of imidazole rings is 1. The van der Waals surface area contributed by atoms with Crippen LogP contribution in [0.15, 0.2) is 18.7 Å². The number of nitrogens with one attached hydrogen (secondary N) is 3. The minimum absolute atomic E-state index is 0.0442. The largest absolute Gasteiger partial charge is 0.483 e. The van der Waals surface area contributed by atoms with Crippen molar-refractivity contribution in [3.63, 3.8) is 0 Å². The van der Waals surface area contributed by atoms with Crippen LogP contribution in [0.3, 0.4) is 0 Å². The summed E-state index contributed by atoms with van der Waals surface area (Å²) in [6.07, 6.45) is 7.89. The Balaban J connectivity index is 0.000000618. The highest BCUT2D eigenvalue weighted by molar-refractivity contribution is 5.93. The zero-order valence-electron chi connectivity index (χ0n) is 18.9. The molecule has 4 rings (SSSR count). The van der Waals surface area contributed by atoms with E-state index in [2.05, 4.69) is 35.6 Å². The average Bonchev–Trinajstić information content (AvgIpc) is 3.54. The van der Waals surface area contributed by atoms with Gasteiger partial charge in [-0.15, -0.1) is 0 Å². The fourth-order valence-electron chi connectivity index (χ4n) is 4.51. The van der Waals surface area contributed by atoms with E-state index < -0.39 is 5.41 Å². The minimum atomic E-state index is -0.557. The van der Waals surface area contributed by atoms with Crippen molar-refractivity contribution in [2.24, 2.45) is 5.41 Å². The average molecular weight is 479 g/mol. The molecule has 0 aromatic carbocycles. The summed E-state index contributed by atoms with van der Waals surface area (Å²) < 4.78 is 0. The van der Waals surface area contributed by atoms with Gasteiger partial charge in [-0.25, -0.2) is 4.98 Å². The molecule has 14 heteroatoms. The van der Waals surface area contributed by atoms with E-state index in [1.807, 2.05) is 11.9 Å². The Morgan fingerprint density at radius 2 is 1.97 bits per heavy atom. The third-order valence-corrected chi connectivity index (χ3v) is 6.04. The zero-order chi connectivity index (χ0) is 25.0. The molecule has 4 heterocycles. The molecule has 2 aliphatic rings. The highest BCUT2D eigenvalue weighted by Gasteiger charge is 2.53. The lowest BCUT2D eigenvalue weighted by molar-refractivity contribution is -0.142. The topological polar surface area (TPSA) is 198 Å². The monoisotopic (exact) mass is 478 g/mol. The molecule has 14 nitrogen and oxygen atoms in total. The number of hydrogen-bond donors (Lipinski definition) is 5. The minimum Gasteiger partial charge on any atom is -0.483 e. The summed E-state index contributed by atoms with van der Waals surface area (Å²) in [6, 6.07) is -0.170. The number of carbonyl (C=O) groups is 4. The Labute approximate surface area is 195 Å². The number of aromatic nitrogens is 5. The smallest absolute Gasteiger partial charge is 0.290 e. The van der Waals surface area contributed by atoms with E-state index >= 15 is 0 Å². The van der Waals surface area contributed by atoms with Crippen LogP contribution in [0.5, 0.6) is 0 Å². The van der Waals surface area contributed by atoms with Crippen LogP contribution in [0.2, 0.25) is 0 Å². The lowest BCUT2D eigenvalue weighted by Gasteiger charge is -2.53. The summed E-state index contributed by atoms with van der Waals surface area (Å²) in [5.41, 5.74) is 0.728. The number of likely N-dealkylation sites (tertiary alicyclic amines) is 2. The van der Waals surface area contributed by atoms with Gasteiger partial charge in [0, 0.05) is 37.9 Å². The highest BCUT2D eigenvalue weighted by Crippen LogP contribution is 2.43. The molecule has 186 valence electrons. The van der Waals surface area contributed by atoms with E-state index in [1.165, 1.54) is 6.20 Å². The number of piperidine rings is 2. The summed E-state index contributed by atoms with van der Waals surface area (Å²) in [5.74, 6) is -0.119. The number of aromatic amines is 2. The first-order valence-electron chi connectivity index (χ1n) is 10.7. The summed E-state index contributed by atoms with van der Waals surface area (Å²) in [5, 5.41) is 27.1. The van der Waals surface area contributed by atoms with E-state index in [1.54, 1.807) is 12.5 Å². The summed E-state index contributed by atoms with van der Waals surface area (Å²) >= 11 is 0. The molecule has 0 aliphatic carbocycles. The molecule has 0 spiro atoms. The van der Waals surface area contributed by atoms with E-state index in [-0.39, 0.29) is 30.8 Å². The Morgan fingerprint density at radius 3 is 2.59 bits per heavy atom. The van der Waals surface area contributed by atoms with Gasteiger partial charge in [0.05, 0.1) is 24.0 Å². The number of amides is 2. The van der Waals surface area contributed by atoms with Crippen molar-refractivity contribution < 1.29 is 29.4 Å². The SMILES string of the molecule is CN1CC[C@]2(C(=O)NCCc3cnc[nH]3)CCCN(C(=O)c3cn[nH]n3)[C@H]2C1.O=CO.O=CO. The number of hydrogen-bond acceptors (Lipinski definition) is 8. The maximum Gasteiger partial charge on any atom is 0.290 e. The van der Waals surface area contributed by atoms with Crippen LogP contribution in [0.25, 0.3) is 0 Å². The van der Waals surface area contributed by atoms with E-state index in [0.717, 1.165) is 31.5 Å². The third-order valence-electron chi connectivity index (χ3n) is 6.04. The Morgan fingerprint density at radius 1 is 1.24 bits per heavy atom. The van der Waals surface area contributed by atoms with Crippen LogP contribution >= 0.6 is 0 Å². The van der Waals surface area contributed by atoms with Crippen molar-refractivity contribution >= 4 is 24.8 Å². The fourth-order valence-corrected chi connectivity index (χ4v) is 4.51. The van der Waals surface area contributed by atoms with E-state index in [4.69, 9.17) is 19.8 Å². The van der Waals surface area contributed by atoms with Crippen molar-refractivity contribution in [3.05, 3.63) is 30.1 Å². The van der Waals surface area contributed by atoms with E-state index in [9.17, 15) is 9.59 Å². The molecule has 2 saturated heterocycles. The van der Waals surface area contributed by atoms with Crippen molar-refractivity contribution in [3.8, 4) is 0 Å². The fraction of sp³-hybridized carbons (Fsp3) is 0.550. The van der Waals surface area contributed by atoms with E-state index in [0.29, 0.717) is 31.7 Å². The van der Waals surface area contributed by atoms with Crippen LogP contribution in [0, 0.1) is 5.41 Å². The molecule has 2 aromatic heterocycles. The quantitative estimate of drug-likeness (QED) is 0.340.